The van der Waals surface area contributed by atoms with E-state index in [0.717, 1.165) is 44.4 Å². The van der Waals surface area contributed by atoms with Crippen LogP contribution < -0.4 is 4.90 Å². The van der Waals surface area contributed by atoms with Gasteiger partial charge in [-0.15, -0.1) is 0 Å². The van der Waals surface area contributed by atoms with Crippen LogP contribution in [0.3, 0.4) is 0 Å². The van der Waals surface area contributed by atoms with Gasteiger partial charge in [-0.25, -0.2) is 13.9 Å². The van der Waals surface area contributed by atoms with Crippen molar-refractivity contribution in [2.75, 3.05) is 24.7 Å². The van der Waals surface area contributed by atoms with Crippen molar-refractivity contribution < 1.29 is 13.9 Å². The molecule has 6 rings (SSSR count). The molecule has 164 valence electrons. The molecule has 2 aliphatic heterocycles. The van der Waals surface area contributed by atoms with Gasteiger partial charge in [-0.3, -0.25) is 14.4 Å². The number of carbonyl (C=O) groups is 1. The van der Waals surface area contributed by atoms with Gasteiger partial charge in [0, 0.05) is 36.7 Å². The SMILES string of the molecule is C[C@@H]1CN(c2nc(-c3cnn(CC4COC4)c3)cn3ncc(F)c23)C(=O)[C@]1(C#N)C1CC1. The Morgan fingerprint density at radius 3 is 2.78 bits per heavy atom. The Hall–Kier alpha value is -3.32. The predicted molar refractivity (Wildman–Crippen MR) is 111 cm³/mol. The summed E-state index contributed by atoms with van der Waals surface area (Å²) >= 11 is 0. The van der Waals surface area contributed by atoms with Crippen LogP contribution in [0, 0.1) is 40.3 Å². The number of halogens is 1. The Morgan fingerprint density at radius 2 is 2.09 bits per heavy atom. The monoisotopic (exact) mass is 435 g/mol. The summed E-state index contributed by atoms with van der Waals surface area (Å²) < 4.78 is 23.2. The number of carbonyl (C=O) groups excluding carboxylic acids is 1. The number of hydrogen-bond donors (Lipinski definition) is 0. The minimum Gasteiger partial charge on any atom is -0.381 e. The first-order valence-electron chi connectivity index (χ1n) is 10.9. The molecule has 0 spiro atoms. The number of hydrogen-bond acceptors (Lipinski definition) is 6. The molecule has 1 amide bonds. The third kappa shape index (κ3) is 2.70. The highest BCUT2D eigenvalue weighted by Gasteiger charge is 2.61. The summed E-state index contributed by atoms with van der Waals surface area (Å²) in [6.45, 7) is 4.45. The first-order valence-corrected chi connectivity index (χ1v) is 10.9. The van der Waals surface area contributed by atoms with Crippen LogP contribution in [0.15, 0.2) is 24.8 Å². The highest BCUT2D eigenvalue weighted by atomic mass is 19.1. The van der Waals surface area contributed by atoms with Crippen LogP contribution in [0.25, 0.3) is 16.8 Å². The topological polar surface area (TPSA) is 101 Å². The number of nitriles is 1. The third-order valence-corrected chi connectivity index (χ3v) is 7.01. The molecule has 0 aromatic carbocycles. The molecule has 0 N–H and O–H groups in total. The number of rotatable bonds is 5. The number of ether oxygens (including phenoxy) is 1. The Morgan fingerprint density at radius 1 is 1.28 bits per heavy atom. The van der Waals surface area contributed by atoms with E-state index in [4.69, 9.17) is 9.72 Å². The molecular formula is C22H22FN7O2. The number of anilines is 1. The molecule has 1 saturated carbocycles. The molecule has 3 aromatic heterocycles. The third-order valence-electron chi connectivity index (χ3n) is 7.01. The van der Waals surface area contributed by atoms with Crippen molar-refractivity contribution in [1.29, 1.82) is 5.26 Å². The van der Waals surface area contributed by atoms with Crippen molar-refractivity contribution in [3.8, 4) is 17.3 Å². The van der Waals surface area contributed by atoms with Crippen LogP contribution in [0.2, 0.25) is 0 Å². The van der Waals surface area contributed by atoms with Crippen LogP contribution in [-0.4, -0.2) is 50.0 Å². The van der Waals surface area contributed by atoms with Crippen molar-refractivity contribution in [2.45, 2.75) is 26.3 Å². The quantitative estimate of drug-likeness (QED) is 0.609. The Bertz CT molecular complexity index is 1270. The Balaban J connectivity index is 1.42. The molecule has 3 fully saturated rings. The second-order valence-corrected chi connectivity index (χ2v) is 9.16. The van der Waals surface area contributed by atoms with Gasteiger partial charge in [0.05, 0.1) is 43.6 Å². The maximum absolute atomic E-state index is 14.7. The fourth-order valence-electron chi connectivity index (χ4n) is 5.02. The Labute approximate surface area is 183 Å². The molecular weight excluding hydrogens is 413 g/mol. The lowest BCUT2D eigenvalue weighted by Crippen LogP contribution is -2.37. The molecule has 1 aliphatic carbocycles. The maximum atomic E-state index is 14.7. The molecule has 0 radical (unpaired) electrons. The number of amides is 1. The largest absolute Gasteiger partial charge is 0.381 e. The fourth-order valence-corrected chi connectivity index (χ4v) is 5.02. The zero-order chi connectivity index (χ0) is 22.0. The summed E-state index contributed by atoms with van der Waals surface area (Å²) in [4.78, 5) is 19.7. The second-order valence-electron chi connectivity index (χ2n) is 9.16. The minimum absolute atomic E-state index is 0.0580. The van der Waals surface area contributed by atoms with E-state index in [-0.39, 0.29) is 29.1 Å². The number of fused-ring (bicyclic) bond motifs is 1. The smallest absolute Gasteiger partial charge is 0.249 e. The van der Waals surface area contributed by atoms with Crippen LogP contribution in [0.4, 0.5) is 10.2 Å². The van der Waals surface area contributed by atoms with Gasteiger partial charge in [0.2, 0.25) is 5.91 Å². The molecule has 9 nitrogen and oxygen atoms in total. The zero-order valence-corrected chi connectivity index (χ0v) is 17.6. The minimum atomic E-state index is -1.07. The summed E-state index contributed by atoms with van der Waals surface area (Å²) in [6, 6.07) is 2.32. The maximum Gasteiger partial charge on any atom is 0.249 e. The first-order chi connectivity index (χ1) is 15.5. The second kappa shape index (κ2) is 6.84. The van der Waals surface area contributed by atoms with E-state index in [9.17, 15) is 14.4 Å². The van der Waals surface area contributed by atoms with E-state index >= 15 is 0 Å². The van der Waals surface area contributed by atoms with Crippen molar-refractivity contribution in [3.63, 3.8) is 0 Å². The van der Waals surface area contributed by atoms with E-state index in [1.54, 1.807) is 12.4 Å². The molecule has 2 atom stereocenters. The lowest BCUT2D eigenvalue weighted by molar-refractivity contribution is -0.124. The van der Waals surface area contributed by atoms with Crippen LogP contribution in [0.1, 0.15) is 19.8 Å². The van der Waals surface area contributed by atoms with Crippen LogP contribution in [0.5, 0.6) is 0 Å². The normalized spacial score (nSPS) is 26.0. The number of aromatic nitrogens is 5. The molecule has 10 heteroatoms. The highest BCUT2D eigenvalue weighted by molar-refractivity contribution is 6.04. The summed E-state index contributed by atoms with van der Waals surface area (Å²) in [5.41, 5.74) is 0.351. The molecule has 5 heterocycles. The van der Waals surface area contributed by atoms with Gasteiger partial charge in [-0.1, -0.05) is 6.92 Å². The van der Waals surface area contributed by atoms with Gasteiger partial charge in [0.1, 0.15) is 10.9 Å². The van der Waals surface area contributed by atoms with Gasteiger partial charge in [-0.2, -0.15) is 15.5 Å². The fraction of sp³-hybridized carbons (Fsp3) is 0.500. The van der Waals surface area contributed by atoms with Crippen LogP contribution >= 0.6 is 0 Å². The first kappa shape index (κ1) is 19.4. The molecule has 3 aliphatic rings. The predicted octanol–water partition coefficient (Wildman–Crippen LogP) is 2.28. The standard InChI is InChI=1S/C22H22FN7O2/c1-13-6-29(21(31)22(13,12-24)16-2-3-16)20-19-17(23)5-26-30(19)9-18(27-20)15-4-25-28(8-15)7-14-10-32-11-14/h4-5,8-9,13-14,16H,2-3,6-7,10-11H2,1H3/t13-,22+/m1/s1. The van der Waals surface area contributed by atoms with Gasteiger partial charge in [-0.05, 0) is 18.8 Å². The van der Waals surface area contributed by atoms with Crippen molar-refractivity contribution in [1.82, 2.24) is 24.4 Å². The van der Waals surface area contributed by atoms with Gasteiger partial charge >= 0.3 is 0 Å². The van der Waals surface area contributed by atoms with Crippen LogP contribution in [-0.2, 0) is 16.1 Å². The highest BCUT2D eigenvalue weighted by Crippen LogP contribution is 2.54. The van der Waals surface area contributed by atoms with Crippen molar-refractivity contribution in [2.24, 2.45) is 23.2 Å². The van der Waals surface area contributed by atoms with Gasteiger partial charge in [0.15, 0.2) is 11.6 Å². The average molecular weight is 435 g/mol. The summed E-state index contributed by atoms with van der Waals surface area (Å²) in [5.74, 6) is -0.311. The molecule has 3 aromatic rings. The molecule has 32 heavy (non-hydrogen) atoms. The lowest BCUT2D eigenvalue weighted by atomic mass is 9.75. The van der Waals surface area contributed by atoms with E-state index in [1.807, 2.05) is 17.8 Å². The molecule has 2 saturated heterocycles. The van der Waals surface area contributed by atoms with E-state index in [1.165, 1.54) is 9.42 Å². The van der Waals surface area contributed by atoms with Crippen molar-refractivity contribution >= 4 is 17.2 Å². The van der Waals surface area contributed by atoms with E-state index in [2.05, 4.69) is 16.3 Å². The Kier molecular flexibility index (Phi) is 4.14. The van der Waals surface area contributed by atoms with E-state index in [0.29, 0.717) is 18.2 Å². The zero-order valence-electron chi connectivity index (χ0n) is 17.6. The lowest BCUT2D eigenvalue weighted by Gasteiger charge is -2.25. The van der Waals surface area contributed by atoms with E-state index < -0.39 is 11.2 Å². The average Bonchev–Trinajstić information content (AvgIpc) is 3.28. The van der Waals surface area contributed by atoms with Gasteiger partial charge in [0.25, 0.3) is 0 Å². The molecule has 0 bridgehead atoms. The summed E-state index contributed by atoms with van der Waals surface area (Å²) in [7, 11) is 0. The summed E-state index contributed by atoms with van der Waals surface area (Å²) in [6.07, 6.45) is 8.08. The molecule has 0 unspecified atom stereocenters. The number of nitrogens with zero attached hydrogens (tertiary/aromatic N) is 7. The van der Waals surface area contributed by atoms with Gasteiger partial charge < -0.3 is 4.74 Å². The van der Waals surface area contributed by atoms with Crippen molar-refractivity contribution in [3.05, 3.63) is 30.6 Å². The summed E-state index contributed by atoms with van der Waals surface area (Å²) in [5, 5.41) is 18.5.